The minimum absolute atomic E-state index is 0.242. The number of hydrogen-bond acceptors (Lipinski definition) is 3. The molecule has 2 aromatic rings. The number of aromatic nitrogens is 2. The number of nitrogens with zero attached hydrogens (tertiary/aromatic N) is 2. The lowest BCUT2D eigenvalue weighted by Crippen LogP contribution is -2.34. The lowest BCUT2D eigenvalue weighted by atomic mass is 9.92. The average Bonchev–Trinajstić information content (AvgIpc) is 3.10. The second-order valence-electron chi connectivity index (χ2n) is 7.04. The van der Waals surface area contributed by atoms with Gasteiger partial charge >= 0.3 is 0 Å². The van der Waals surface area contributed by atoms with Crippen molar-refractivity contribution < 1.29 is 4.79 Å². The van der Waals surface area contributed by atoms with E-state index in [-0.39, 0.29) is 11.8 Å². The van der Waals surface area contributed by atoms with Crippen molar-refractivity contribution in [2.24, 2.45) is 11.3 Å². The third-order valence-electron chi connectivity index (χ3n) is 5.48. The molecule has 1 aromatic heterocycles. The number of piperidine rings is 1. The maximum atomic E-state index is 12.3. The van der Waals surface area contributed by atoms with Crippen LogP contribution in [0, 0.1) is 11.3 Å². The maximum Gasteiger partial charge on any atom is 0.223 e. The van der Waals surface area contributed by atoms with Crippen molar-refractivity contribution in [3.63, 3.8) is 0 Å². The zero-order valence-corrected chi connectivity index (χ0v) is 13.9. The number of nitrogens with one attached hydrogen (secondary N) is 2. The lowest BCUT2D eigenvalue weighted by molar-refractivity contribution is -0.123. The Labute approximate surface area is 142 Å². The van der Waals surface area contributed by atoms with E-state index in [1.165, 1.54) is 0 Å². The zero-order valence-electron chi connectivity index (χ0n) is 13.9. The molecule has 1 amide bonds. The van der Waals surface area contributed by atoms with E-state index in [2.05, 4.69) is 15.7 Å². The van der Waals surface area contributed by atoms with E-state index in [9.17, 15) is 4.79 Å². The van der Waals surface area contributed by atoms with Crippen molar-refractivity contribution >= 4 is 5.91 Å². The highest BCUT2D eigenvalue weighted by Crippen LogP contribution is 2.58. The highest BCUT2D eigenvalue weighted by atomic mass is 16.2. The molecule has 1 aliphatic carbocycles. The van der Waals surface area contributed by atoms with Crippen molar-refractivity contribution in [1.82, 2.24) is 20.4 Å². The molecule has 5 nitrogen and oxygen atoms in total. The first-order valence-corrected chi connectivity index (χ1v) is 8.84. The Morgan fingerprint density at radius 2 is 2.08 bits per heavy atom. The lowest BCUT2D eigenvalue weighted by Gasteiger charge is -2.23. The molecule has 126 valence electrons. The van der Waals surface area contributed by atoms with Gasteiger partial charge in [0.25, 0.3) is 0 Å². The summed E-state index contributed by atoms with van der Waals surface area (Å²) in [6, 6.07) is 10.1. The number of hydrogen-bond donors (Lipinski definition) is 2. The quantitative estimate of drug-likeness (QED) is 0.883. The number of benzene rings is 1. The van der Waals surface area contributed by atoms with Crippen molar-refractivity contribution in [2.45, 2.75) is 25.7 Å². The third kappa shape index (κ3) is 3.08. The molecular weight excluding hydrogens is 300 g/mol. The molecule has 1 saturated heterocycles. The molecule has 2 fully saturated rings. The first-order chi connectivity index (χ1) is 11.8. The largest absolute Gasteiger partial charge is 0.356 e. The van der Waals surface area contributed by atoms with Crippen LogP contribution in [0.3, 0.4) is 0 Å². The van der Waals surface area contributed by atoms with E-state index >= 15 is 0 Å². The summed E-state index contributed by atoms with van der Waals surface area (Å²) in [4.78, 5) is 12.3. The van der Waals surface area contributed by atoms with Crippen molar-refractivity contribution in [3.8, 4) is 5.69 Å². The Hall–Kier alpha value is -2.14. The van der Waals surface area contributed by atoms with Gasteiger partial charge in [-0.15, -0.1) is 0 Å². The average molecular weight is 324 g/mol. The Bertz CT molecular complexity index is 703. The molecule has 1 spiro atoms. The van der Waals surface area contributed by atoms with Gasteiger partial charge in [-0.2, -0.15) is 5.10 Å². The van der Waals surface area contributed by atoms with Crippen LogP contribution in [-0.4, -0.2) is 35.3 Å². The number of carbonyl (C=O) groups excluding carboxylic acids is 1. The van der Waals surface area contributed by atoms with Crippen LogP contribution >= 0.6 is 0 Å². The Kier molecular flexibility index (Phi) is 4.10. The molecule has 1 unspecified atom stereocenters. The van der Waals surface area contributed by atoms with E-state index in [1.54, 1.807) is 0 Å². The monoisotopic (exact) mass is 324 g/mol. The van der Waals surface area contributed by atoms with Crippen LogP contribution in [0.15, 0.2) is 42.7 Å². The van der Waals surface area contributed by atoms with Gasteiger partial charge in [-0.3, -0.25) is 4.79 Å². The van der Waals surface area contributed by atoms with Crippen LogP contribution in [-0.2, 0) is 11.2 Å². The van der Waals surface area contributed by atoms with E-state index in [1.807, 2.05) is 47.4 Å². The third-order valence-corrected chi connectivity index (χ3v) is 5.48. The molecule has 0 radical (unpaired) electrons. The molecule has 1 saturated carbocycles. The molecule has 1 aliphatic heterocycles. The van der Waals surface area contributed by atoms with Gasteiger partial charge in [0, 0.05) is 18.7 Å². The standard InChI is InChI=1S/C19H24N4O/c24-18(17-12-19(17)7-10-20-11-8-19)21-9-6-15-13-22-23(14-15)16-4-2-1-3-5-16/h1-5,13-14,17,20H,6-12H2,(H,21,24). The summed E-state index contributed by atoms with van der Waals surface area (Å²) in [6.07, 6.45) is 8.10. The summed E-state index contributed by atoms with van der Waals surface area (Å²) in [7, 11) is 0. The van der Waals surface area contributed by atoms with Gasteiger partial charge in [-0.25, -0.2) is 4.68 Å². The highest BCUT2D eigenvalue weighted by Gasteiger charge is 2.57. The topological polar surface area (TPSA) is 59.0 Å². The van der Waals surface area contributed by atoms with Crippen LogP contribution in [0.4, 0.5) is 0 Å². The molecular formula is C19H24N4O. The van der Waals surface area contributed by atoms with Crippen molar-refractivity contribution in [2.75, 3.05) is 19.6 Å². The van der Waals surface area contributed by atoms with E-state index < -0.39 is 0 Å². The second kappa shape index (κ2) is 6.40. The van der Waals surface area contributed by atoms with Gasteiger partial charge in [-0.1, -0.05) is 18.2 Å². The maximum absolute atomic E-state index is 12.3. The number of amides is 1. The van der Waals surface area contributed by atoms with Gasteiger partial charge in [0.15, 0.2) is 0 Å². The second-order valence-corrected chi connectivity index (χ2v) is 7.04. The van der Waals surface area contributed by atoms with Crippen LogP contribution in [0.25, 0.3) is 5.69 Å². The minimum atomic E-state index is 0.242. The van der Waals surface area contributed by atoms with Crippen molar-refractivity contribution in [1.29, 1.82) is 0 Å². The molecule has 24 heavy (non-hydrogen) atoms. The molecule has 4 rings (SSSR count). The van der Waals surface area contributed by atoms with Gasteiger partial charge in [0.2, 0.25) is 5.91 Å². The van der Waals surface area contributed by atoms with E-state index in [0.717, 1.165) is 50.0 Å². The fraction of sp³-hybridized carbons (Fsp3) is 0.474. The van der Waals surface area contributed by atoms with Gasteiger partial charge < -0.3 is 10.6 Å². The predicted molar refractivity (Wildman–Crippen MR) is 92.9 cm³/mol. The summed E-state index contributed by atoms with van der Waals surface area (Å²) in [6.45, 7) is 2.80. The molecule has 2 N–H and O–H groups in total. The first-order valence-electron chi connectivity index (χ1n) is 8.84. The Balaban J connectivity index is 1.26. The van der Waals surface area contributed by atoms with E-state index in [4.69, 9.17) is 0 Å². The Morgan fingerprint density at radius 3 is 2.88 bits per heavy atom. The molecule has 5 heteroatoms. The van der Waals surface area contributed by atoms with Crippen molar-refractivity contribution in [3.05, 3.63) is 48.3 Å². The van der Waals surface area contributed by atoms with Gasteiger partial charge in [0.05, 0.1) is 11.9 Å². The summed E-state index contributed by atoms with van der Waals surface area (Å²) in [5, 5.41) is 10.9. The number of para-hydroxylation sites is 1. The van der Waals surface area contributed by atoms with Crippen LogP contribution < -0.4 is 10.6 Å². The molecule has 2 heterocycles. The summed E-state index contributed by atoms with van der Waals surface area (Å²) in [5.74, 6) is 0.485. The summed E-state index contributed by atoms with van der Waals surface area (Å²) < 4.78 is 1.88. The summed E-state index contributed by atoms with van der Waals surface area (Å²) >= 11 is 0. The molecule has 1 aromatic carbocycles. The van der Waals surface area contributed by atoms with Crippen LogP contribution in [0.1, 0.15) is 24.8 Å². The Morgan fingerprint density at radius 1 is 1.29 bits per heavy atom. The minimum Gasteiger partial charge on any atom is -0.356 e. The predicted octanol–water partition coefficient (Wildman–Crippen LogP) is 1.92. The number of rotatable bonds is 5. The van der Waals surface area contributed by atoms with Gasteiger partial charge in [-0.05, 0) is 61.9 Å². The number of carbonyl (C=O) groups is 1. The molecule has 1 atom stereocenters. The molecule has 0 bridgehead atoms. The fourth-order valence-electron chi connectivity index (χ4n) is 3.86. The van der Waals surface area contributed by atoms with Crippen LogP contribution in [0.5, 0.6) is 0 Å². The van der Waals surface area contributed by atoms with Gasteiger partial charge in [0.1, 0.15) is 0 Å². The SMILES string of the molecule is O=C(NCCc1cnn(-c2ccccc2)c1)C1CC12CCNCC2. The van der Waals surface area contributed by atoms with E-state index in [0.29, 0.717) is 12.0 Å². The highest BCUT2D eigenvalue weighted by molar-refractivity contribution is 5.82. The smallest absolute Gasteiger partial charge is 0.223 e. The first kappa shape index (κ1) is 15.4. The van der Waals surface area contributed by atoms with Crippen LogP contribution in [0.2, 0.25) is 0 Å². The molecule has 2 aliphatic rings. The summed E-state index contributed by atoms with van der Waals surface area (Å²) in [5.41, 5.74) is 2.51. The zero-order chi connectivity index (χ0) is 16.4. The fourth-order valence-corrected chi connectivity index (χ4v) is 3.86. The normalized spacial score (nSPS) is 21.6.